The van der Waals surface area contributed by atoms with Gasteiger partial charge < -0.3 is 26.3 Å². The normalized spacial score (nSPS) is 12.3. The van der Waals surface area contributed by atoms with Crippen LogP contribution in [0.15, 0.2) is 46.4 Å². The third kappa shape index (κ3) is 5.42. The lowest BCUT2D eigenvalue weighted by Crippen LogP contribution is -2.26. The molecule has 7 nitrogen and oxygen atoms in total. The molecule has 0 amide bonds. The minimum Gasteiger partial charge on any atom is -0.454 e. The highest BCUT2D eigenvalue weighted by Crippen LogP contribution is 2.32. The summed E-state index contributed by atoms with van der Waals surface area (Å²) >= 11 is 6.06. The maximum Gasteiger partial charge on any atom is 0.231 e. The number of guanidine groups is 2. The van der Waals surface area contributed by atoms with Gasteiger partial charge in [-0.05, 0) is 47.9 Å². The van der Waals surface area contributed by atoms with E-state index in [0.29, 0.717) is 23.3 Å². The molecule has 0 saturated carbocycles. The Kier molecular flexibility index (Phi) is 7.15. The van der Waals surface area contributed by atoms with Gasteiger partial charge in [0, 0.05) is 10.7 Å². The van der Waals surface area contributed by atoms with Crippen LogP contribution < -0.4 is 26.3 Å². The van der Waals surface area contributed by atoms with Gasteiger partial charge in [0.2, 0.25) is 12.8 Å². The Balaban J connectivity index is 0.00000261. The van der Waals surface area contributed by atoms with E-state index in [1.54, 1.807) is 6.07 Å². The van der Waals surface area contributed by atoms with Crippen LogP contribution in [0.4, 0.5) is 5.69 Å². The van der Waals surface area contributed by atoms with Crippen molar-refractivity contribution in [2.45, 2.75) is 19.9 Å². The van der Waals surface area contributed by atoms with E-state index in [1.807, 2.05) is 37.3 Å². The molecule has 0 saturated heterocycles. The predicted octanol–water partition coefficient (Wildman–Crippen LogP) is 3.29. The molecule has 0 fully saturated rings. The molecule has 1 aliphatic heterocycles. The molecule has 0 spiro atoms. The molecule has 3 rings (SSSR count). The van der Waals surface area contributed by atoms with E-state index in [1.165, 1.54) is 0 Å². The van der Waals surface area contributed by atoms with Gasteiger partial charge in [-0.15, -0.1) is 12.4 Å². The van der Waals surface area contributed by atoms with Crippen LogP contribution in [0.2, 0.25) is 5.02 Å². The second-order valence-corrected chi connectivity index (χ2v) is 6.08. The Morgan fingerprint density at radius 3 is 2.67 bits per heavy atom. The van der Waals surface area contributed by atoms with Crippen LogP contribution in [-0.2, 0) is 13.0 Å². The number of aryl methyl sites for hydroxylation is 1. The molecule has 1 heterocycles. The number of nitrogens with two attached hydrogens (primary N) is 2. The van der Waals surface area contributed by atoms with Crippen molar-refractivity contribution in [3.8, 4) is 11.5 Å². The molecule has 0 unspecified atom stereocenters. The van der Waals surface area contributed by atoms with Gasteiger partial charge in [-0.3, -0.25) is 0 Å². The number of anilines is 1. The second kappa shape index (κ2) is 9.34. The molecule has 144 valence electrons. The first kappa shape index (κ1) is 20.7. The number of halogens is 2. The van der Waals surface area contributed by atoms with E-state index in [-0.39, 0.29) is 25.2 Å². The summed E-state index contributed by atoms with van der Waals surface area (Å²) in [5.41, 5.74) is 13.9. The van der Waals surface area contributed by atoms with E-state index in [4.69, 9.17) is 32.5 Å². The fourth-order valence-electron chi connectivity index (χ4n) is 2.53. The standard InChI is InChI=1S/C18H20ClN5O2.ClH/c1-2-12-8-13(19)4-5-14(12)23-18(24-17(20)21)22-9-11-3-6-15-16(7-11)26-10-25-15;/h3-8H,2,9-10H2,1H3,(H5,20,21,22,23,24);1H. The van der Waals surface area contributed by atoms with Crippen molar-refractivity contribution in [1.82, 2.24) is 0 Å². The van der Waals surface area contributed by atoms with Crippen molar-refractivity contribution in [3.05, 3.63) is 52.5 Å². The van der Waals surface area contributed by atoms with E-state index in [2.05, 4.69) is 15.3 Å². The van der Waals surface area contributed by atoms with Gasteiger partial charge in [-0.1, -0.05) is 24.6 Å². The van der Waals surface area contributed by atoms with Gasteiger partial charge in [0.1, 0.15) is 0 Å². The number of rotatable bonds is 4. The van der Waals surface area contributed by atoms with Crippen LogP contribution in [0, 0.1) is 0 Å². The quantitative estimate of drug-likeness (QED) is 0.530. The summed E-state index contributed by atoms with van der Waals surface area (Å²) in [6, 6.07) is 11.2. The van der Waals surface area contributed by atoms with Crippen molar-refractivity contribution in [3.63, 3.8) is 0 Å². The third-order valence-electron chi connectivity index (χ3n) is 3.78. The lowest BCUT2D eigenvalue weighted by atomic mass is 10.1. The molecular weight excluding hydrogens is 389 g/mol. The molecule has 0 aromatic heterocycles. The molecule has 0 bridgehead atoms. The topological polar surface area (TPSA) is 107 Å². The molecule has 5 N–H and O–H groups in total. The van der Waals surface area contributed by atoms with Gasteiger partial charge in [0.25, 0.3) is 0 Å². The highest BCUT2D eigenvalue weighted by Gasteiger charge is 2.13. The van der Waals surface area contributed by atoms with Crippen molar-refractivity contribution in [1.29, 1.82) is 0 Å². The zero-order chi connectivity index (χ0) is 18.5. The number of fused-ring (bicyclic) bond motifs is 1. The third-order valence-corrected chi connectivity index (χ3v) is 4.01. The van der Waals surface area contributed by atoms with Crippen molar-refractivity contribution < 1.29 is 9.47 Å². The highest BCUT2D eigenvalue weighted by atomic mass is 35.5. The molecule has 2 aromatic carbocycles. The Bertz CT molecular complexity index is 867. The summed E-state index contributed by atoms with van der Waals surface area (Å²) < 4.78 is 10.7. The number of nitrogens with zero attached hydrogens (tertiary/aromatic N) is 2. The van der Waals surface area contributed by atoms with Crippen LogP contribution in [-0.4, -0.2) is 18.7 Å². The Morgan fingerprint density at radius 2 is 1.93 bits per heavy atom. The predicted molar refractivity (Wildman–Crippen MR) is 111 cm³/mol. The Morgan fingerprint density at radius 1 is 1.15 bits per heavy atom. The van der Waals surface area contributed by atoms with Gasteiger partial charge in [-0.25, -0.2) is 4.99 Å². The minimum atomic E-state index is -0.0750. The van der Waals surface area contributed by atoms with Gasteiger partial charge in [0.15, 0.2) is 17.5 Å². The monoisotopic (exact) mass is 409 g/mol. The maximum absolute atomic E-state index is 6.06. The van der Waals surface area contributed by atoms with Crippen LogP contribution in [0.25, 0.3) is 0 Å². The number of nitrogens with one attached hydrogen (secondary N) is 1. The summed E-state index contributed by atoms with van der Waals surface area (Å²) in [5, 5.41) is 3.84. The van der Waals surface area contributed by atoms with Gasteiger partial charge >= 0.3 is 0 Å². The van der Waals surface area contributed by atoms with Gasteiger partial charge in [0.05, 0.1) is 6.54 Å². The summed E-state index contributed by atoms with van der Waals surface area (Å²) in [6.07, 6.45) is 0.806. The van der Waals surface area contributed by atoms with E-state index >= 15 is 0 Å². The first-order chi connectivity index (χ1) is 12.5. The summed E-state index contributed by atoms with van der Waals surface area (Å²) in [4.78, 5) is 8.56. The maximum atomic E-state index is 6.06. The summed E-state index contributed by atoms with van der Waals surface area (Å²) in [7, 11) is 0. The number of aliphatic imine (C=N–C) groups is 2. The van der Waals surface area contributed by atoms with Gasteiger partial charge in [-0.2, -0.15) is 4.99 Å². The lowest BCUT2D eigenvalue weighted by molar-refractivity contribution is 0.174. The number of ether oxygens (including phenoxy) is 2. The Hall–Kier alpha value is -2.64. The van der Waals surface area contributed by atoms with E-state index in [0.717, 1.165) is 29.0 Å². The molecule has 0 atom stereocenters. The van der Waals surface area contributed by atoms with Crippen LogP contribution in [0.1, 0.15) is 18.1 Å². The van der Waals surface area contributed by atoms with E-state index in [9.17, 15) is 0 Å². The second-order valence-electron chi connectivity index (χ2n) is 5.64. The smallest absolute Gasteiger partial charge is 0.231 e. The zero-order valence-electron chi connectivity index (χ0n) is 14.7. The molecule has 1 aliphatic rings. The minimum absolute atomic E-state index is 0. The van der Waals surface area contributed by atoms with Crippen LogP contribution >= 0.6 is 24.0 Å². The number of benzene rings is 2. The molecule has 0 radical (unpaired) electrons. The van der Waals surface area contributed by atoms with Crippen molar-refractivity contribution in [2.24, 2.45) is 21.5 Å². The van der Waals surface area contributed by atoms with Crippen LogP contribution in [0.3, 0.4) is 0 Å². The molecule has 0 aliphatic carbocycles. The number of hydrogen-bond donors (Lipinski definition) is 3. The molecule has 27 heavy (non-hydrogen) atoms. The Labute approximate surface area is 168 Å². The fourth-order valence-corrected chi connectivity index (χ4v) is 2.72. The molecular formula is C18H21Cl2N5O2. The van der Waals surface area contributed by atoms with Crippen LogP contribution in [0.5, 0.6) is 11.5 Å². The van der Waals surface area contributed by atoms with Crippen molar-refractivity contribution >= 4 is 41.6 Å². The fraction of sp³-hybridized carbons (Fsp3) is 0.222. The first-order valence-corrected chi connectivity index (χ1v) is 8.51. The largest absolute Gasteiger partial charge is 0.454 e. The van der Waals surface area contributed by atoms with Crippen molar-refractivity contribution in [2.75, 3.05) is 12.1 Å². The average Bonchev–Trinajstić information content (AvgIpc) is 3.08. The highest BCUT2D eigenvalue weighted by molar-refractivity contribution is 6.30. The SMILES string of the molecule is CCc1cc(Cl)ccc1NC(N=C(N)N)=NCc1ccc2c(c1)OCO2.Cl. The summed E-state index contributed by atoms with van der Waals surface area (Å²) in [6.45, 7) is 2.66. The molecule has 9 heteroatoms. The number of hydrogen-bond acceptors (Lipinski definition) is 3. The lowest BCUT2D eigenvalue weighted by Gasteiger charge is -2.11. The summed E-state index contributed by atoms with van der Waals surface area (Å²) in [5.74, 6) is 1.68. The van der Waals surface area contributed by atoms with E-state index < -0.39 is 0 Å². The first-order valence-electron chi connectivity index (χ1n) is 8.13. The molecule has 2 aromatic rings. The zero-order valence-corrected chi connectivity index (χ0v) is 16.3. The average molecular weight is 410 g/mol.